The molecule has 2 aromatic heterocycles. The van der Waals surface area contributed by atoms with Crippen LogP contribution in [0, 0.1) is 5.41 Å². The molecule has 0 bridgehead atoms. The van der Waals surface area contributed by atoms with Crippen LogP contribution in [0.1, 0.15) is 29.9 Å². The van der Waals surface area contributed by atoms with Gasteiger partial charge in [-0.15, -0.1) is 0 Å². The number of para-hydroxylation sites is 1. The molecule has 3 aromatic rings. The van der Waals surface area contributed by atoms with Crippen molar-refractivity contribution in [2.75, 3.05) is 32.1 Å². The fraction of sp³-hybridized carbons (Fsp3) is 0.321. The summed E-state index contributed by atoms with van der Waals surface area (Å²) in [6.07, 6.45) is 5.30. The summed E-state index contributed by atoms with van der Waals surface area (Å²) in [6, 6.07) is 7.11. The Balaban J connectivity index is 1.54. The minimum atomic E-state index is -0.177. The number of pyridine rings is 1. The monoisotopic (exact) mass is 535 g/mol. The van der Waals surface area contributed by atoms with Gasteiger partial charge in [-0.2, -0.15) is 0 Å². The summed E-state index contributed by atoms with van der Waals surface area (Å²) in [7, 11) is 1.55. The second-order valence-electron chi connectivity index (χ2n) is 10.0. The number of carbonyl (C=O) groups excluding carboxylic acids is 2. The third-order valence-corrected chi connectivity index (χ3v) is 7.46. The van der Waals surface area contributed by atoms with Crippen LogP contribution in [0.5, 0.6) is 11.5 Å². The van der Waals surface area contributed by atoms with Gasteiger partial charge in [-0.05, 0) is 24.3 Å². The Kier molecular flexibility index (Phi) is 6.79. The van der Waals surface area contributed by atoms with E-state index in [1.165, 1.54) is 6.08 Å². The third-order valence-electron chi connectivity index (χ3n) is 7.16. The van der Waals surface area contributed by atoms with Gasteiger partial charge in [-0.3, -0.25) is 14.6 Å². The van der Waals surface area contributed by atoms with Gasteiger partial charge in [0.25, 0.3) is 5.91 Å². The van der Waals surface area contributed by atoms with Crippen molar-refractivity contribution in [2.24, 2.45) is 5.41 Å². The number of likely N-dealkylation sites (tertiary alicyclic amines) is 1. The number of amides is 2. The van der Waals surface area contributed by atoms with Crippen molar-refractivity contribution in [3.8, 4) is 22.8 Å². The highest BCUT2D eigenvalue weighted by molar-refractivity contribution is 6.32. The normalized spacial score (nSPS) is 17.6. The van der Waals surface area contributed by atoms with E-state index >= 15 is 0 Å². The van der Waals surface area contributed by atoms with E-state index in [9.17, 15) is 9.59 Å². The number of anilines is 2. The molecule has 198 valence electrons. The lowest BCUT2D eigenvalue weighted by Gasteiger charge is -2.53. The molecule has 1 fully saturated rings. The maximum Gasteiger partial charge on any atom is 0.255 e. The minimum absolute atomic E-state index is 0.0967. The second kappa shape index (κ2) is 10.1. The first kappa shape index (κ1) is 25.7. The van der Waals surface area contributed by atoms with E-state index in [0.717, 1.165) is 11.3 Å². The van der Waals surface area contributed by atoms with Crippen LogP contribution < -0.4 is 20.1 Å². The topological polar surface area (TPSA) is 109 Å². The number of aromatic nitrogens is 2. The second-order valence-corrected chi connectivity index (χ2v) is 10.4. The quantitative estimate of drug-likeness (QED) is 0.365. The van der Waals surface area contributed by atoms with Gasteiger partial charge in [0, 0.05) is 42.4 Å². The summed E-state index contributed by atoms with van der Waals surface area (Å²) in [5, 5.41) is 6.76. The van der Waals surface area contributed by atoms with Crippen molar-refractivity contribution < 1.29 is 19.1 Å². The molecule has 2 aliphatic heterocycles. The first-order valence-corrected chi connectivity index (χ1v) is 12.8. The summed E-state index contributed by atoms with van der Waals surface area (Å²) in [5.41, 5.74) is 3.86. The number of fused-ring (bicyclic) bond motifs is 1. The van der Waals surface area contributed by atoms with Crippen LogP contribution in [0.15, 0.2) is 49.3 Å². The summed E-state index contributed by atoms with van der Waals surface area (Å²) >= 11 is 6.37. The van der Waals surface area contributed by atoms with Gasteiger partial charge in [0.2, 0.25) is 5.91 Å². The van der Waals surface area contributed by atoms with Crippen LogP contribution in [-0.4, -0.2) is 59.5 Å². The van der Waals surface area contributed by atoms with Crippen LogP contribution >= 0.6 is 11.6 Å². The van der Waals surface area contributed by atoms with E-state index in [1.807, 2.05) is 18.2 Å². The van der Waals surface area contributed by atoms with Crippen molar-refractivity contribution in [3.05, 3.63) is 65.6 Å². The first-order chi connectivity index (χ1) is 18.2. The van der Waals surface area contributed by atoms with E-state index in [2.05, 4.69) is 41.0 Å². The Morgan fingerprint density at radius 1 is 1.37 bits per heavy atom. The Morgan fingerprint density at radius 3 is 2.92 bits per heavy atom. The predicted octanol–water partition coefficient (Wildman–Crippen LogP) is 4.57. The fourth-order valence-corrected chi connectivity index (χ4v) is 5.41. The smallest absolute Gasteiger partial charge is 0.255 e. The van der Waals surface area contributed by atoms with Gasteiger partial charge >= 0.3 is 0 Å². The molecule has 0 aliphatic carbocycles. The van der Waals surface area contributed by atoms with Gasteiger partial charge < -0.3 is 30.0 Å². The average molecular weight is 536 g/mol. The zero-order valence-corrected chi connectivity index (χ0v) is 22.3. The SMILES string of the molecule is C=CC(=O)N1CC(C)(C)[C@@H]1COc1cnccc1-c1[nH]c2c(c1Nc1cccc(Cl)c1OC)C(=O)NCC2. The molecule has 0 saturated carbocycles. The standard InChI is InChI=1S/C28H30ClN5O4/c1-5-22(35)34-15-28(2,3)21(34)14-38-20-13-30-11-9-16(20)24-25(23-18(32-24)10-12-31-27(23)36)33-19-8-6-7-17(29)26(19)37-4/h5-9,11,13,21,32-33H,1,10,12,14-15H2,2-4H3,(H,31,36)/t21-/m0/s1. The predicted molar refractivity (Wildman–Crippen MR) is 146 cm³/mol. The number of methoxy groups -OCH3 is 1. The Morgan fingerprint density at radius 2 is 2.18 bits per heavy atom. The number of benzene rings is 1. The number of rotatable bonds is 8. The van der Waals surface area contributed by atoms with Crippen molar-refractivity contribution >= 4 is 34.8 Å². The first-order valence-electron chi connectivity index (χ1n) is 12.4. The number of aromatic amines is 1. The third kappa shape index (κ3) is 4.47. The highest BCUT2D eigenvalue weighted by Crippen LogP contribution is 2.43. The van der Waals surface area contributed by atoms with Crippen LogP contribution in [0.3, 0.4) is 0 Å². The lowest BCUT2D eigenvalue weighted by molar-refractivity contribution is -0.148. The number of nitrogens with one attached hydrogen (secondary N) is 3. The van der Waals surface area contributed by atoms with E-state index in [1.54, 1.807) is 30.5 Å². The number of hydrogen-bond acceptors (Lipinski definition) is 6. The maximum absolute atomic E-state index is 13.0. The molecule has 38 heavy (non-hydrogen) atoms. The van der Waals surface area contributed by atoms with Crippen molar-refractivity contribution in [2.45, 2.75) is 26.3 Å². The Hall–Kier alpha value is -3.98. The molecule has 5 rings (SSSR count). The van der Waals surface area contributed by atoms with Gasteiger partial charge in [0.1, 0.15) is 12.4 Å². The number of nitrogens with zero attached hydrogens (tertiary/aromatic N) is 2. The maximum atomic E-state index is 13.0. The van der Waals surface area contributed by atoms with Crippen molar-refractivity contribution in [1.82, 2.24) is 20.2 Å². The number of ether oxygens (including phenoxy) is 2. The number of hydrogen-bond donors (Lipinski definition) is 3. The molecule has 1 saturated heterocycles. The molecule has 3 N–H and O–H groups in total. The van der Waals surface area contributed by atoms with Crippen LogP contribution in [0.4, 0.5) is 11.4 Å². The zero-order chi connectivity index (χ0) is 27.0. The largest absolute Gasteiger partial charge is 0.493 e. The molecule has 9 nitrogen and oxygen atoms in total. The molecule has 2 amide bonds. The molecule has 10 heteroatoms. The number of H-pyrrole nitrogens is 1. The van der Waals surface area contributed by atoms with Crippen molar-refractivity contribution in [1.29, 1.82) is 0 Å². The molecule has 1 aromatic carbocycles. The molecule has 1 atom stereocenters. The summed E-state index contributed by atoms with van der Waals surface area (Å²) in [4.78, 5) is 34.8. The highest BCUT2D eigenvalue weighted by atomic mass is 35.5. The summed E-state index contributed by atoms with van der Waals surface area (Å²) in [6.45, 7) is 9.29. The summed E-state index contributed by atoms with van der Waals surface area (Å²) in [5.74, 6) is 0.705. The summed E-state index contributed by atoms with van der Waals surface area (Å²) < 4.78 is 11.8. The molecular formula is C28H30ClN5O4. The average Bonchev–Trinajstić information content (AvgIpc) is 3.26. The van der Waals surface area contributed by atoms with Crippen LogP contribution in [0.2, 0.25) is 5.02 Å². The van der Waals surface area contributed by atoms with Crippen molar-refractivity contribution in [3.63, 3.8) is 0 Å². The molecule has 2 aliphatic rings. The molecule has 0 radical (unpaired) electrons. The van der Waals surface area contributed by atoms with Gasteiger partial charge in [-0.1, -0.05) is 38.1 Å². The molecule has 0 unspecified atom stereocenters. The van der Waals surface area contributed by atoms with E-state index in [-0.39, 0.29) is 29.9 Å². The Bertz CT molecular complexity index is 1420. The lowest BCUT2D eigenvalue weighted by Crippen LogP contribution is -2.65. The van der Waals surface area contributed by atoms with E-state index < -0.39 is 0 Å². The number of halogens is 1. The van der Waals surface area contributed by atoms with Gasteiger partial charge in [-0.25, -0.2) is 0 Å². The highest BCUT2D eigenvalue weighted by Gasteiger charge is 2.47. The molecule has 4 heterocycles. The number of carbonyl (C=O) groups is 2. The van der Waals surface area contributed by atoms with Gasteiger partial charge in [0.15, 0.2) is 5.75 Å². The zero-order valence-electron chi connectivity index (χ0n) is 21.6. The van der Waals surface area contributed by atoms with Crippen LogP contribution in [-0.2, 0) is 11.2 Å². The lowest BCUT2D eigenvalue weighted by atomic mass is 9.75. The van der Waals surface area contributed by atoms with E-state index in [4.69, 9.17) is 21.1 Å². The Labute approximate surface area is 226 Å². The molecular weight excluding hydrogens is 506 g/mol. The fourth-order valence-electron chi connectivity index (χ4n) is 5.15. The van der Waals surface area contributed by atoms with E-state index in [0.29, 0.717) is 58.7 Å². The molecule has 0 spiro atoms. The van der Waals surface area contributed by atoms with Gasteiger partial charge in [0.05, 0.1) is 47.0 Å². The minimum Gasteiger partial charge on any atom is -0.493 e. The van der Waals surface area contributed by atoms with Crippen LogP contribution in [0.25, 0.3) is 11.3 Å².